The van der Waals surface area contributed by atoms with Crippen LogP contribution in [0.1, 0.15) is 5.69 Å². The molecule has 0 spiro atoms. The highest BCUT2D eigenvalue weighted by Gasteiger charge is 2.03. The molecule has 3 aromatic rings. The Kier molecular flexibility index (Phi) is 1.62. The Hall–Kier alpha value is -2.10. The minimum atomic E-state index is 0.754. The number of hydrogen-bond donors (Lipinski definition) is 1. The van der Waals surface area contributed by atoms with E-state index in [-0.39, 0.29) is 0 Å². The maximum atomic E-state index is 4.44. The minimum absolute atomic E-state index is 0.754. The zero-order valence-electron chi connectivity index (χ0n) is 8.31. The Morgan fingerprint density at radius 3 is 2.80 bits per heavy atom. The number of hydrogen-bond acceptors (Lipinski definition) is 2. The van der Waals surface area contributed by atoms with E-state index >= 15 is 0 Å². The number of aryl methyl sites for hydroxylation is 1. The van der Waals surface area contributed by atoms with Gasteiger partial charge in [-0.3, -0.25) is 0 Å². The highest BCUT2D eigenvalue weighted by atomic mass is 15.3. The normalized spacial score (nSPS) is 11.0. The van der Waals surface area contributed by atoms with E-state index in [1.807, 2.05) is 43.5 Å². The third-order valence-corrected chi connectivity index (χ3v) is 2.32. The minimum Gasteiger partial charge on any atom is -0.322 e. The summed E-state index contributed by atoms with van der Waals surface area (Å²) in [6.45, 7) is 1.96. The lowest BCUT2D eigenvalue weighted by atomic mass is 10.3. The van der Waals surface area contributed by atoms with Crippen molar-refractivity contribution in [3.8, 4) is 5.95 Å². The van der Waals surface area contributed by atoms with Crippen molar-refractivity contribution in [1.82, 2.24) is 19.7 Å². The molecule has 0 aliphatic carbocycles. The molecule has 74 valence electrons. The van der Waals surface area contributed by atoms with Gasteiger partial charge in [-0.1, -0.05) is 12.1 Å². The average molecular weight is 198 g/mol. The summed E-state index contributed by atoms with van der Waals surface area (Å²) in [4.78, 5) is 7.66. The fourth-order valence-corrected chi connectivity index (χ4v) is 1.58. The van der Waals surface area contributed by atoms with Crippen molar-refractivity contribution in [3.05, 3.63) is 42.2 Å². The number of nitrogens with zero attached hydrogens (tertiary/aromatic N) is 3. The number of nitrogens with one attached hydrogen (secondary N) is 1. The molecule has 0 aliphatic rings. The van der Waals surface area contributed by atoms with E-state index in [1.165, 1.54) is 0 Å². The summed E-state index contributed by atoms with van der Waals surface area (Å²) in [5, 5.41) is 4.30. The molecule has 0 aliphatic heterocycles. The topological polar surface area (TPSA) is 46.5 Å². The van der Waals surface area contributed by atoms with Crippen molar-refractivity contribution >= 4 is 11.0 Å². The van der Waals surface area contributed by atoms with E-state index in [4.69, 9.17) is 0 Å². The van der Waals surface area contributed by atoms with Gasteiger partial charge in [0.25, 0.3) is 0 Å². The molecule has 0 fully saturated rings. The first-order valence-corrected chi connectivity index (χ1v) is 4.80. The van der Waals surface area contributed by atoms with Gasteiger partial charge in [-0.15, -0.1) is 0 Å². The zero-order chi connectivity index (χ0) is 10.3. The van der Waals surface area contributed by atoms with Crippen LogP contribution in [0.25, 0.3) is 17.0 Å². The zero-order valence-corrected chi connectivity index (χ0v) is 8.31. The first kappa shape index (κ1) is 8.23. The molecule has 0 amide bonds. The molecule has 15 heavy (non-hydrogen) atoms. The van der Waals surface area contributed by atoms with E-state index in [1.54, 1.807) is 4.68 Å². The third-order valence-electron chi connectivity index (χ3n) is 2.32. The highest BCUT2D eigenvalue weighted by molar-refractivity contribution is 5.75. The van der Waals surface area contributed by atoms with E-state index < -0.39 is 0 Å². The number of H-pyrrole nitrogens is 1. The molecule has 1 aromatic carbocycles. The monoisotopic (exact) mass is 198 g/mol. The molecule has 0 atom stereocenters. The van der Waals surface area contributed by atoms with Crippen LogP contribution in [0.4, 0.5) is 0 Å². The van der Waals surface area contributed by atoms with Crippen LogP contribution in [-0.2, 0) is 0 Å². The van der Waals surface area contributed by atoms with Crippen LogP contribution in [0.2, 0.25) is 0 Å². The van der Waals surface area contributed by atoms with Gasteiger partial charge in [-0.2, -0.15) is 5.10 Å². The number of benzene rings is 1. The Bertz CT molecular complexity index is 573. The molecular weight excluding hydrogens is 188 g/mol. The SMILES string of the molecule is Cc1ccn(-c2nc3ccccc3[nH]2)n1. The van der Waals surface area contributed by atoms with Crippen molar-refractivity contribution in [2.45, 2.75) is 6.92 Å². The molecule has 0 saturated carbocycles. The van der Waals surface area contributed by atoms with Gasteiger partial charge in [0, 0.05) is 6.20 Å². The smallest absolute Gasteiger partial charge is 0.229 e. The van der Waals surface area contributed by atoms with Crippen LogP contribution in [0.15, 0.2) is 36.5 Å². The van der Waals surface area contributed by atoms with Crippen molar-refractivity contribution in [2.75, 3.05) is 0 Å². The maximum Gasteiger partial charge on any atom is 0.229 e. The van der Waals surface area contributed by atoms with Gasteiger partial charge >= 0.3 is 0 Å². The molecule has 0 bridgehead atoms. The van der Waals surface area contributed by atoms with E-state index in [0.29, 0.717) is 0 Å². The summed E-state index contributed by atoms with van der Waals surface area (Å²) < 4.78 is 1.75. The molecule has 3 rings (SSSR count). The van der Waals surface area contributed by atoms with E-state index in [2.05, 4.69) is 15.1 Å². The van der Waals surface area contributed by atoms with E-state index in [0.717, 1.165) is 22.7 Å². The van der Waals surface area contributed by atoms with Crippen molar-refractivity contribution in [1.29, 1.82) is 0 Å². The van der Waals surface area contributed by atoms with Gasteiger partial charge in [-0.05, 0) is 25.1 Å². The van der Waals surface area contributed by atoms with Crippen LogP contribution in [0, 0.1) is 6.92 Å². The number of fused-ring (bicyclic) bond motifs is 1. The lowest BCUT2D eigenvalue weighted by Crippen LogP contribution is -1.96. The fraction of sp³-hybridized carbons (Fsp3) is 0.0909. The lowest BCUT2D eigenvalue weighted by Gasteiger charge is -1.92. The molecule has 4 heteroatoms. The third kappa shape index (κ3) is 1.30. The van der Waals surface area contributed by atoms with Crippen molar-refractivity contribution in [3.63, 3.8) is 0 Å². The Morgan fingerprint density at radius 2 is 2.07 bits per heavy atom. The summed E-state index contributed by atoms with van der Waals surface area (Å²) in [6, 6.07) is 9.89. The first-order valence-electron chi connectivity index (χ1n) is 4.80. The first-order chi connectivity index (χ1) is 7.33. The summed E-state index contributed by atoms with van der Waals surface area (Å²) in [5.74, 6) is 0.754. The lowest BCUT2D eigenvalue weighted by molar-refractivity contribution is 0.816. The molecule has 2 heterocycles. The van der Waals surface area contributed by atoms with Crippen molar-refractivity contribution < 1.29 is 0 Å². The highest BCUT2D eigenvalue weighted by Crippen LogP contribution is 2.12. The number of imidazole rings is 1. The van der Waals surface area contributed by atoms with Crippen molar-refractivity contribution in [2.24, 2.45) is 0 Å². The van der Waals surface area contributed by atoms with Crippen LogP contribution in [-0.4, -0.2) is 19.7 Å². The summed E-state index contributed by atoms with van der Waals surface area (Å²) in [5.41, 5.74) is 2.97. The number of rotatable bonds is 1. The Labute approximate surface area is 86.6 Å². The summed E-state index contributed by atoms with van der Waals surface area (Å²) in [6.07, 6.45) is 1.90. The van der Waals surface area contributed by atoms with Crippen LogP contribution in [0.3, 0.4) is 0 Å². The van der Waals surface area contributed by atoms with Gasteiger partial charge in [-0.25, -0.2) is 9.67 Å². The Balaban J connectivity index is 2.19. The molecule has 0 unspecified atom stereocenters. The van der Waals surface area contributed by atoms with Crippen LogP contribution in [0.5, 0.6) is 0 Å². The summed E-state index contributed by atoms with van der Waals surface area (Å²) >= 11 is 0. The Morgan fingerprint density at radius 1 is 1.20 bits per heavy atom. The van der Waals surface area contributed by atoms with Gasteiger partial charge in [0.05, 0.1) is 16.7 Å². The maximum absolute atomic E-state index is 4.44. The molecular formula is C11H10N4. The average Bonchev–Trinajstić information content (AvgIpc) is 2.82. The van der Waals surface area contributed by atoms with Gasteiger partial charge < -0.3 is 4.98 Å². The molecule has 4 nitrogen and oxygen atoms in total. The molecule has 2 aromatic heterocycles. The molecule has 0 saturated heterocycles. The van der Waals surface area contributed by atoms with Crippen LogP contribution >= 0.6 is 0 Å². The van der Waals surface area contributed by atoms with E-state index in [9.17, 15) is 0 Å². The number of aromatic amines is 1. The fourth-order valence-electron chi connectivity index (χ4n) is 1.58. The molecule has 0 radical (unpaired) electrons. The molecule has 1 N–H and O–H groups in total. The second-order valence-electron chi connectivity index (χ2n) is 3.48. The largest absolute Gasteiger partial charge is 0.322 e. The van der Waals surface area contributed by atoms with Gasteiger partial charge in [0.1, 0.15) is 0 Å². The predicted octanol–water partition coefficient (Wildman–Crippen LogP) is 2.06. The van der Waals surface area contributed by atoms with Gasteiger partial charge in [0.15, 0.2) is 0 Å². The van der Waals surface area contributed by atoms with Gasteiger partial charge in [0.2, 0.25) is 5.95 Å². The quantitative estimate of drug-likeness (QED) is 0.650. The second kappa shape index (κ2) is 2.95. The second-order valence-corrected chi connectivity index (χ2v) is 3.48. The van der Waals surface area contributed by atoms with Crippen LogP contribution < -0.4 is 0 Å². The standard InChI is InChI=1S/C11H10N4/c1-8-6-7-15(14-8)11-12-9-4-2-3-5-10(9)13-11/h2-7H,1H3,(H,12,13). The number of aromatic nitrogens is 4. The number of para-hydroxylation sites is 2. The summed E-state index contributed by atoms with van der Waals surface area (Å²) in [7, 11) is 0. The predicted molar refractivity (Wildman–Crippen MR) is 58.0 cm³/mol.